The predicted octanol–water partition coefficient (Wildman–Crippen LogP) is 4.55. The molecular formula is C26H27O5. The van der Waals surface area contributed by atoms with Crippen molar-refractivity contribution in [1.82, 2.24) is 0 Å². The molecule has 3 aromatic carbocycles. The van der Waals surface area contributed by atoms with Gasteiger partial charge in [0.05, 0.1) is 14.2 Å². The Morgan fingerprint density at radius 2 is 1.39 bits per heavy atom. The second kappa shape index (κ2) is 10.1. The summed E-state index contributed by atoms with van der Waals surface area (Å²) in [6.45, 7) is 3.63. The molecule has 5 heteroatoms. The molecule has 161 valence electrons. The smallest absolute Gasteiger partial charge is 0.170 e. The first kappa shape index (κ1) is 22.4. The first-order valence-electron chi connectivity index (χ1n) is 10.1. The third-order valence-corrected chi connectivity index (χ3v) is 5.14. The Kier molecular flexibility index (Phi) is 7.32. The molecule has 0 bridgehead atoms. The number of benzene rings is 3. The Bertz CT molecular complexity index is 946. The van der Waals surface area contributed by atoms with Crippen LogP contribution in [0.3, 0.4) is 0 Å². The van der Waals surface area contributed by atoms with E-state index in [1.807, 2.05) is 36.4 Å². The molecule has 3 aromatic rings. The van der Waals surface area contributed by atoms with Crippen LogP contribution in [-0.4, -0.2) is 31.7 Å². The third-order valence-electron chi connectivity index (χ3n) is 5.14. The molecular weight excluding hydrogens is 392 g/mol. The SMILES string of the molecule is [CH2]CCC(=O)COc1ccccc1C(O)(c1ccc(OC)cc1)c1ccc(OC)cc1. The predicted molar refractivity (Wildman–Crippen MR) is 120 cm³/mol. The van der Waals surface area contributed by atoms with Crippen LogP contribution in [0.2, 0.25) is 0 Å². The minimum absolute atomic E-state index is 0.0396. The minimum Gasteiger partial charge on any atom is -0.497 e. The van der Waals surface area contributed by atoms with Crippen molar-refractivity contribution in [2.24, 2.45) is 0 Å². The van der Waals surface area contributed by atoms with Crippen molar-refractivity contribution in [1.29, 1.82) is 0 Å². The molecule has 0 atom stereocenters. The molecule has 0 saturated heterocycles. The normalized spacial score (nSPS) is 11.1. The Labute approximate surface area is 183 Å². The highest BCUT2D eigenvalue weighted by Gasteiger charge is 2.36. The van der Waals surface area contributed by atoms with Crippen molar-refractivity contribution in [3.8, 4) is 17.2 Å². The quantitative estimate of drug-likeness (QED) is 0.489. The lowest BCUT2D eigenvalue weighted by atomic mass is 9.80. The van der Waals surface area contributed by atoms with Crippen molar-refractivity contribution in [2.45, 2.75) is 18.4 Å². The Morgan fingerprint density at radius 1 is 0.871 bits per heavy atom. The summed E-state index contributed by atoms with van der Waals surface area (Å²) < 4.78 is 16.4. The van der Waals surface area contributed by atoms with E-state index in [-0.39, 0.29) is 12.4 Å². The summed E-state index contributed by atoms with van der Waals surface area (Å²) in [7, 11) is 3.19. The zero-order valence-corrected chi connectivity index (χ0v) is 17.8. The molecule has 31 heavy (non-hydrogen) atoms. The van der Waals surface area contributed by atoms with Crippen molar-refractivity contribution >= 4 is 5.78 Å². The Balaban J connectivity index is 2.11. The van der Waals surface area contributed by atoms with Gasteiger partial charge >= 0.3 is 0 Å². The van der Waals surface area contributed by atoms with Gasteiger partial charge in [0.15, 0.2) is 5.78 Å². The molecule has 0 aliphatic rings. The lowest BCUT2D eigenvalue weighted by Crippen LogP contribution is -2.30. The molecule has 0 fully saturated rings. The second-order valence-electron chi connectivity index (χ2n) is 7.09. The lowest BCUT2D eigenvalue weighted by molar-refractivity contribution is -0.121. The third kappa shape index (κ3) is 4.89. The molecule has 0 aliphatic carbocycles. The van der Waals surface area contributed by atoms with E-state index in [0.717, 1.165) is 0 Å². The number of hydrogen-bond acceptors (Lipinski definition) is 5. The number of para-hydroxylation sites is 1. The van der Waals surface area contributed by atoms with Gasteiger partial charge in [0.2, 0.25) is 0 Å². The van der Waals surface area contributed by atoms with Crippen LogP contribution in [-0.2, 0) is 10.4 Å². The van der Waals surface area contributed by atoms with Crippen LogP contribution >= 0.6 is 0 Å². The van der Waals surface area contributed by atoms with Crippen LogP contribution in [0, 0.1) is 6.92 Å². The van der Waals surface area contributed by atoms with Gasteiger partial charge in [-0.3, -0.25) is 4.79 Å². The summed E-state index contributed by atoms with van der Waals surface area (Å²) in [5.74, 6) is 1.77. The average Bonchev–Trinajstić information content (AvgIpc) is 2.83. The van der Waals surface area contributed by atoms with E-state index in [9.17, 15) is 9.90 Å². The fraction of sp³-hybridized carbons (Fsp3) is 0.231. The molecule has 0 aliphatic heterocycles. The molecule has 0 unspecified atom stereocenters. The van der Waals surface area contributed by atoms with Crippen LogP contribution in [0.1, 0.15) is 29.5 Å². The fourth-order valence-electron chi connectivity index (χ4n) is 3.46. The summed E-state index contributed by atoms with van der Waals surface area (Å²) >= 11 is 0. The summed E-state index contributed by atoms with van der Waals surface area (Å²) in [5, 5.41) is 12.1. The highest BCUT2D eigenvalue weighted by Crippen LogP contribution is 2.42. The van der Waals surface area contributed by atoms with Gasteiger partial charge in [-0.05, 0) is 47.9 Å². The zero-order chi connectivity index (χ0) is 22.3. The second-order valence-corrected chi connectivity index (χ2v) is 7.09. The first-order valence-corrected chi connectivity index (χ1v) is 10.1. The summed E-state index contributed by atoms with van der Waals surface area (Å²) in [6.07, 6.45) is 0.870. The topological polar surface area (TPSA) is 65.0 Å². The molecule has 3 rings (SSSR count). The number of hydrogen-bond donors (Lipinski definition) is 1. The fourth-order valence-corrected chi connectivity index (χ4v) is 3.46. The first-order chi connectivity index (χ1) is 15.0. The van der Waals surface area contributed by atoms with E-state index in [1.54, 1.807) is 50.6 Å². The molecule has 1 N–H and O–H groups in total. The molecule has 0 heterocycles. The van der Waals surface area contributed by atoms with Gasteiger partial charge in [-0.15, -0.1) is 0 Å². The number of ketones is 1. The van der Waals surface area contributed by atoms with Crippen LogP contribution in [0.15, 0.2) is 72.8 Å². The van der Waals surface area contributed by atoms with Crippen molar-refractivity contribution in [2.75, 3.05) is 20.8 Å². The van der Waals surface area contributed by atoms with Crippen molar-refractivity contribution < 1.29 is 24.1 Å². The number of ether oxygens (including phenoxy) is 3. The molecule has 0 aromatic heterocycles. The molecule has 5 nitrogen and oxygen atoms in total. The Morgan fingerprint density at radius 3 is 1.87 bits per heavy atom. The van der Waals surface area contributed by atoms with Gasteiger partial charge in [0.25, 0.3) is 0 Å². The van der Waals surface area contributed by atoms with Gasteiger partial charge in [-0.2, -0.15) is 0 Å². The van der Waals surface area contributed by atoms with E-state index < -0.39 is 5.60 Å². The lowest BCUT2D eigenvalue weighted by Gasteiger charge is -2.31. The van der Waals surface area contributed by atoms with Gasteiger partial charge in [0.1, 0.15) is 29.5 Å². The molecule has 0 amide bonds. The number of carbonyl (C=O) groups is 1. The minimum atomic E-state index is -1.52. The average molecular weight is 419 g/mol. The van der Waals surface area contributed by atoms with E-state index >= 15 is 0 Å². The van der Waals surface area contributed by atoms with E-state index in [2.05, 4.69) is 6.92 Å². The highest BCUT2D eigenvalue weighted by molar-refractivity contribution is 5.80. The number of methoxy groups -OCH3 is 2. The van der Waals surface area contributed by atoms with E-state index in [4.69, 9.17) is 14.2 Å². The van der Waals surface area contributed by atoms with Crippen molar-refractivity contribution in [3.05, 3.63) is 96.4 Å². The number of aliphatic hydroxyl groups is 1. The van der Waals surface area contributed by atoms with Gasteiger partial charge in [0, 0.05) is 12.0 Å². The number of carbonyl (C=O) groups excluding carboxylic acids is 1. The standard InChI is InChI=1S/C26H27O5/c1-4-7-21(27)18-31-25-9-6-5-8-24(25)26(28,19-10-14-22(29-2)15-11-19)20-12-16-23(30-3)17-13-20/h5-6,8-17,28H,1,4,7,18H2,2-3H3. The number of rotatable bonds is 10. The van der Waals surface area contributed by atoms with Crippen molar-refractivity contribution in [3.63, 3.8) is 0 Å². The molecule has 0 saturated carbocycles. The number of Topliss-reactive ketones (excluding diaryl/α,β-unsaturated/α-hetero) is 1. The maximum absolute atomic E-state index is 12.1. The van der Waals surface area contributed by atoms with Crippen LogP contribution < -0.4 is 14.2 Å². The van der Waals surface area contributed by atoms with E-state index in [1.165, 1.54) is 0 Å². The maximum atomic E-state index is 12.1. The zero-order valence-electron chi connectivity index (χ0n) is 17.8. The van der Waals surface area contributed by atoms with Gasteiger partial charge < -0.3 is 19.3 Å². The largest absolute Gasteiger partial charge is 0.497 e. The summed E-state index contributed by atoms with van der Waals surface area (Å²) in [6, 6.07) is 21.6. The monoisotopic (exact) mass is 419 g/mol. The molecule has 0 spiro atoms. The van der Waals surface area contributed by atoms with Crippen LogP contribution in [0.5, 0.6) is 17.2 Å². The van der Waals surface area contributed by atoms with Crippen LogP contribution in [0.4, 0.5) is 0 Å². The van der Waals surface area contributed by atoms with E-state index in [0.29, 0.717) is 46.8 Å². The van der Waals surface area contributed by atoms with Gasteiger partial charge in [-0.25, -0.2) is 0 Å². The van der Waals surface area contributed by atoms with Crippen LogP contribution in [0.25, 0.3) is 0 Å². The maximum Gasteiger partial charge on any atom is 0.170 e. The summed E-state index contributed by atoms with van der Waals surface area (Å²) in [5.41, 5.74) is 0.287. The Hall–Kier alpha value is -3.31. The van der Waals surface area contributed by atoms with Gasteiger partial charge in [-0.1, -0.05) is 49.4 Å². The highest BCUT2D eigenvalue weighted by atomic mass is 16.5. The molecule has 1 radical (unpaired) electrons. The summed E-state index contributed by atoms with van der Waals surface area (Å²) in [4.78, 5) is 12.0.